The van der Waals surface area contributed by atoms with E-state index in [4.69, 9.17) is 11.6 Å². The summed E-state index contributed by atoms with van der Waals surface area (Å²) in [7, 11) is 0. The van der Waals surface area contributed by atoms with Gasteiger partial charge in [-0.25, -0.2) is 4.39 Å². The summed E-state index contributed by atoms with van der Waals surface area (Å²) in [6.07, 6.45) is 3.16. The number of halogens is 2. The number of hydrogen-bond donors (Lipinski definition) is 1. The lowest BCUT2D eigenvalue weighted by Gasteiger charge is -2.34. The Hall–Kier alpha value is -2.89. The molecule has 2 aliphatic heterocycles. The maximum absolute atomic E-state index is 14.5. The Morgan fingerprint density at radius 2 is 1.71 bits per heavy atom. The molecule has 5 rings (SSSR count). The minimum atomic E-state index is -0.433. The van der Waals surface area contributed by atoms with Gasteiger partial charge in [-0.05, 0) is 48.6 Å². The molecule has 3 aromatic rings. The van der Waals surface area contributed by atoms with Gasteiger partial charge < -0.3 is 10.2 Å². The van der Waals surface area contributed by atoms with Crippen LogP contribution in [0.1, 0.15) is 36.0 Å². The molecule has 182 valence electrons. The zero-order chi connectivity index (χ0) is 24.2. The van der Waals surface area contributed by atoms with Gasteiger partial charge in [-0.1, -0.05) is 66.2 Å². The fraction of sp³-hybridized carbons (Fsp3) is 0.345. The standard InChI is InChI=1S/C29H31ClFN3O/c30-26-10-6-11-27(31)25(26)17-29(35)33-19-22-9-4-5-12-28(22)32-16-15-23-13-14-24(20-33)34(23)18-21-7-2-1-3-8-21/h1-12,23-24,32H,13-20H2/t23-,24+/m0/s1. The number of hydrogen-bond acceptors (Lipinski definition) is 3. The van der Waals surface area contributed by atoms with Crippen LogP contribution in [0.15, 0.2) is 72.8 Å². The van der Waals surface area contributed by atoms with E-state index in [1.54, 1.807) is 12.1 Å². The molecule has 0 radical (unpaired) electrons. The van der Waals surface area contributed by atoms with Crippen LogP contribution in [0.25, 0.3) is 0 Å². The van der Waals surface area contributed by atoms with E-state index in [1.165, 1.54) is 11.6 Å². The second kappa shape index (κ2) is 10.8. The number of amides is 1. The quantitative estimate of drug-likeness (QED) is 0.493. The van der Waals surface area contributed by atoms with E-state index in [9.17, 15) is 9.18 Å². The average Bonchev–Trinajstić information content (AvgIpc) is 3.21. The lowest BCUT2D eigenvalue weighted by molar-refractivity contribution is -0.132. The third-order valence-electron chi connectivity index (χ3n) is 7.32. The first-order chi connectivity index (χ1) is 17.1. The van der Waals surface area contributed by atoms with E-state index in [1.807, 2.05) is 23.1 Å². The molecule has 0 saturated carbocycles. The fourth-order valence-corrected chi connectivity index (χ4v) is 5.69. The predicted molar refractivity (Wildman–Crippen MR) is 139 cm³/mol. The van der Waals surface area contributed by atoms with Gasteiger partial charge in [0.25, 0.3) is 0 Å². The molecule has 1 saturated heterocycles. The molecule has 4 nitrogen and oxygen atoms in total. The van der Waals surface area contributed by atoms with Crippen molar-refractivity contribution in [2.75, 3.05) is 18.4 Å². The first-order valence-electron chi connectivity index (χ1n) is 12.4. The van der Waals surface area contributed by atoms with Gasteiger partial charge in [0.05, 0.1) is 6.42 Å². The lowest BCUT2D eigenvalue weighted by atomic mass is 10.1. The van der Waals surface area contributed by atoms with Crippen molar-refractivity contribution in [1.82, 2.24) is 9.80 Å². The van der Waals surface area contributed by atoms with E-state index >= 15 is 0 Å². The predicted octanol–water partition coefficient (Wildman–Crippen LogP) is 5.90. The summed E-state index contributed by atoms with van der Waals surface area (Å²) in [6.45, 7) is 2.85. The van der Waals surface area contributed by atoms with E-state index in [0.29, 0.717) is 24.2 Å². The van der Waals surface area contributed by atoms with Gasteiger partial charge >= 0.3 is 0 Å². The Morgan fingerprint density at radius 3 is 2.54 bits per heavy atom. The summed E-state index contributed by atoms with van der Waals surface area (Å²) < 4.78 is 14.5. The molecule has 2 bridgehead atoms. The second-order valence-corrected chi connectivity index (χ2v) is 9.97. The SMILES string of the molecule is O=C(Cc1c(F)cccc1Cl)N1Cc2ccccc2NCC[C@@H]2CC[C@H](C1)N2Cc1ccccc1. The molecule has 1 amide bonds. The maximum atomic E-state index is 14.5. The Kier molecular flexibility index (Phi) is 7.35. The molecule has 0 aromatic heterocycles. The number of anilines is 1. The molecule has 0 unspecified atom stereocenters. The molecule has 2 aliphatic rings. The van der Waals surface area contributed by atoms with Crippen molar-refractivity contribution >= 4 is 23.2 Å². The highest BCUT2D eigenvalue weighted by molar-refractivity contribution is 6.31. The van der Waals surface area contributed by atoms with Crippen LogP contribution in [0.4, 0.5) is 10.1 Å². The molecular weight excluding hydrogens is 461 g/mol. The van der Waals surface area contributed by atoms with Gasteiger partial charge in [0.1, 0.15) is 5.82 Å². The van der Waals surface area contributed by atoms with Gasteiger partial charge in [0, 0.05) is 54.5 Å². The smallest absolute Gasteiger partial charge is 0.227 e. The molecular formula is C29H31ClFN3O. The molecule has 3 aromatic carbocycles. The Labute approximate surface area is 211 Å². The van der Waals surface area contributed by atoms with E-state index in [0.717, 1.165) is 43.6 Å². The summed E-state index contributed by atoms with van der Waals surface area (Å²) in [4.78, 5) is 18.1. The molecule has 1 N–H and O–H groups in total. The first kappa shape index (κ1) is 23.8. The number of carbonyl (C=O) groups excluding carboxylic acids is 1. The highest BCUT2D eigenvalue weighted by Gasteiger charge is 2.35. The summed E-state index contributed by atoms with van der Waals surface area (Å²) in [5, 5.41) is 3.91. The highest BCUT2D eigenvalue weighted by Crippen LogP contribution is 2.31. The molecule has 2 heterocycles. The van der Waals surface area contributed by atoms with E-state index < -0.39 is 5.82 Å². The third kappa shape index (κ3) is 5.52. The summed E-state index contributed by atoms with van der Waals surface area (Å²) >= 11 is 6.27. The van der Waals surface area contributed by atoms with Crippen LogP contribution in [0.2, 0.25) is 5.02 Å². The number of nitrogens with one attached hydrogen (secondary N) is 1. The molecule has 0 spiro atoms. The Morgan fingerprint density at radius 1 is 0.943 bits per heavy atom. The van der Waals surface area contributed by atoms with E-state index in [2.05, 4.69) is 46.6 Å². The van der Waals surface area contributed by atoms with Crippen LogP contribution in [-0.2, 0) is 24.3 Å². The number of nitrogens with zero attached hydrogens (tertiary/aromatic N) is 2. The summed E-state index contributed by atoms with van der Waals surface area (Å²) in [5.41, 5.74) is 3.69. The topological polar surface area (TPSA) is 35.6 Å². The van der Waals surface area contributed by atoms with Crippen LogP contribution in [0.5, 0.6) is 0 Å². The van der Waals surface area contributed by atoms with E-state index in [-0.39, 0.29) is 23.9 Å². The lowest BCUT2D eigenvalue weighted by Crippen LogP contribution is -2.45. The fourth-order valence-electron chi connectivity index (χ4n) is 5.46. The van der Waals surface area contributed by atoms with Gasteiger partial charge in [-0.2, -0.15) is 0 Å². The second-order valence-electron chi connectivity index (χ2n) is 9.57. The van der Waals surface area contributed by atoms with Gasteiger partial charge in [0.2, 0.25) is 5.91 Å². The molecule has 0 aliphatic carbocycles. The monoisotopic (exact) mass is 491 g/mol. The van der Waals surface area contributed by atoms with Crippen LogP contribution in [0.3, 0.4) is 0 Å². The van der Waals surface area contributed by atoms with Crippen molar-refractivity contribution in [3.63, 3.8) is 0 Å². The highest BCUT2D eigenvalue weighted by atomic mass is 35.5. The van der Waals surface area contributed by atoms with Gasteiger partial charge in [-0.3, -0.25) is 9.69 Å². The zero-order valence-electron chi connectivity index (χ0n) is 19.8. The molecule has 35 heavy (non-hydrogen) atoms. The zero-order valence-corrected chi connectivity index (χ0v) is 20.6. The minimum absolute atomic E-state index is 0.0457. The van der Waals surface area contributed by atoms with Gasteiger partial charge in [-0.15, -0.1) is 0 Å². The van der Waals surface area contributed by atoms with Gasteiger partial charge in [0.15, 0.2) is 0 Å². The largest absolute Gasteiger partial charge is 0.385 e. The van der Waals surface area contributed by atoms with Crippen molar-refractivity contribution in [3.8, 4) is 0 Å². The number of fused-ring (bicyclic) bond motifs is 3. The van der Waals surface area contributed by atoms with Crippen LogP contribution >= 0.6 is 11.6 Å². The van der Waals surface area contributed by atoms with Crippen molar-refractivity contribution in [1.29, 1.82) is 0 Å². The number of para-hydroxylation sites is 1. The summed E-state index contributed by atoms with van der Waals surface area (Å²) in [5.74, 6) is -0.536. The van der Waals surface area contributed by atoms with Crippen molar-refractivity contribution in [3.05, 3.63) is 100 Å². The van der Waals surface area contributed by atoms with Crippen LogP contribution in [0, 0.1) is 5.82 Å². The van der Waals surface area contributed by atoms with Crippen molar-refractivity contribution < 1.29 is 9.18 Å². The minimum Gasteiger partial charge on any atom is -0.385 e. The van der Waals surface area contributed by atoms with Crippen LogP contribution < -0.4 is 5.32 Å². The number of benzene rings is 3. The molecule has 1 fully saturated rings. The Balaban J connectivity index is 1.45. The normalized spacial score (nSPS) is 20.6. The first-order valence-corrected chi connectivity index (χ1v) is 12.8. The summed E-state index contributed by atoms with van der Waals surface area (Å²) in [6, 6.07) is 24.0. The molecule has 6 heteroatoms. The maximum Gasteiger partial charge on any atom is 0.227 e. The molecule has 2 atom stereocenters. The van der Waals surface area contributed by atoms with Crippen molar-refractivity contribution in [2.24, 2.45) is 0 Å². The Bertz CT molecular complexity index is 1150. The number of carbonyl (C=O) groups is 1. The number of rotatable bonds is 4. The third-order valence-corrected chi connectivity index (χ3v) is 7.68. The average molecular weight is 492 g/mol. The van der Waals surface area contributed by atoms with Crippen molar-refractivity contribution in [2.45, 2.75) is 50.9 Å². The van der Waals surface area contributed by atoms with Crippen LogP contribution in [-0.4, -0.2) is 40.9 Å².